The van der Waals surface area contributed by atoms with E-state index in [0.29, 0.717) is 10.4 Å². The average molecular weight is 332 g/mol. The predicted molar refractivity (Wildman–Crippen MR) is 85.5 cm³/mol. The predicted octanol–water partition coefficient (Wildman–Crippen LogP) is 1.54. The molecule has 1 aromatic heterocycles. The van der Waals surface area contributed by atoms with Gasteiger partial charge in [-0.1, -0.05) is 18.2 Å². The number of nitro groups is 1. The number of benzene rings is 1. The largest absolute Gasteiger partial charge is 0.342 e. The van der Waals surface area contributed by atoms with Gasteiger partial charge in [-0.25, -0.2) is 5.43 Å². The van der Waals surface area contributed by atoms with Crippen LogP contribution in [0.4, 0.5) is 5.69 Å². The lowest BCUT2D eigenvalue weighted by Crippen LogP contribution is -2.34. The number of amides is 2. The molecule has 1 aromatic carbocycles. The first kappa shape index (κ1) is 16.3. The van der Waals surface area contributed by atoms with Crippen LogP contribution in [0.15, 0.2) is 46.9 Å². The van der Waals surface area contributed by atoms with Crippen LogP contribution >= 0.6 is 11.3 Å². The molecule has 1 heterocycles. The molecular formula is C14H12N4O4S. The molecular weight excluding hydrogens is 320 g/mol. The van der Waals surface area contributed by atoms with Crippen LogP contribution in [0, 0.1) is 10.1 Å². The molecule has 0 bridgehead atoms. The van der Waals surface area contributed by atoms with Crippen molar-refractivity contribution in [3.8, 4) is 0 Å². The summed E-state index contributed by atoms with van der Waals surface area (Å²) in [5, 5.41) is 18.5. The van der Waals surface area contributed by atoms with Crippen LogP contribution in [0.25, 0.3) is 0 Å². The Hall–Kier alpha value is -3.07. The first-order chi connectivity index (χ1) is 11.1. The maximum Gasteiger partial charge on any atom is 0.270 e. The molecule has 0 aliphatic rings. The summed E-state index contributed by atoms with van der Waals surface area (Å²) in [6.07, 6.45) is 1.28. The molecule has 2 N–H and O–H groups in total. The molecule has 0 radical (unpaired) electrons. The number of thiophene rings is 1. The zero-order valence-corrected chi connectivity index (χ0v) is 12.6. The number of carbonyl (C=O) groups excluding carboxylic acids is 2. The van der Waals surface area contributed by atoms with E-state index < -0.39 is 10.8 Å². The zero-order chi connectivity index (χ0) is 16.7. The van der Waals surface area contributed by atoms with Gasteiger partial charge in [0.15, 0.2) is 0 Å². The van der Waals surface area contributed by atoms with Gasteiger partial charge in [0.1, 0.15) is 0 Å². The number of nitro benzene ring substituents is 1. The van der Waals surface area contributed by atoms with Gasteiger partial charge in [0.25, 0.3) is 17.5 Å². The van der Waals surface area contributed by atoms with Gasteiger partial charge in [0.2, 0.25) is 0 Å². The minimum absolute atomic E-state index is 0.0662. The summed E-state index contributed by atoms with van der Waals surface area (Å²) in [6.45, 7) is -0.219. The number of carbonyl (C=O) groups is 2. The van der Waals surface area contributed by atoms with Crippen LogP contribution in [0.1, 0.15) is 15.2 Å². The van der Waals surface area contributed by atoms with Gasteiger partial charge in [-0.3, -0.25) is 19.7 Å². The third-order valence-electron chi connectivity index (χ3n) is 2.64. The van der Waals surface area contributed by atoms with Gasteiger partial charge in [-0.2, -0.15) is 5.10 Å². The Labute approximate surface area is 135 Å². The Kier molecular flexibility index (Phi) is 5.53. The number of non-ortho nitro benzene ring substituents is 1. The quantitative estimate of drug-likeness (QED) is 0.474. The minimum Gasteiger partial charge on any atom is -0.342 e. The molecule has 23 heavy (non-hydrogen) atoms. The minimum atomic E-state index is -0.518. The molecule has 0 saturated carbocycles. The van der Waals surface area contributed by atoms with Crippen molar-refractivity contribution >= 4 is 35.1 Å². The van der Waals surface area contributed by atoms with Crippen molar-refractivity contribution in [2.45, 2.75) is 0 Å². The molecule has 118 valence electrons. The Morgan fingerprint density at radius 3 is 2.83 bits per heavy atom. The van der Waals surface area contributed by atoms with Crippen LogP contribution in [0.5, 0.6) is 0 Å². The van der Waals surface area contributed by atoms with Gasteiger partial charge in [-0.05, 0) is 11.4 Å². The Morgan fingerprint density at radius 1 is 1.30 bits per heavy atom. The van der Waals surface area contributed by atoms with E-state index in [1.807, 2.05) is 0 Å². The van der Waals surface area contributed by atoms with Crippen LogP contribution in [0.2, 0.25) is 0 Å². The smallest absolute Gasteiger partial charge is 0.270 e. The summed E-state index contributed by atoms with van der Waals surface area (Å²) >= 11 is 1.27. The lowest BCUT2D eigenvalue weighted by Gasteiger charge is -2.02. The number of nitrogens with one attached hydrogen (secondary N) is 2. The van der Waals surface area contributed by atoms with Crippen molar-refractivity contribution in [1.29, 1.82) is 0 Å². The van der Waals surface area contributed by atoms with E-state index in [9.17, 15) is 19.7 Å². The Morgan fingerprint density at radius 2 is 2.13 bits per heavy atom. The van der Waals surface area contributed by atoms with Crippen molar-refractivity contribution in [1.82, 2.24) is 10.7 Å². The zero-order valence-electron chi connectivity index (χ0n) is 11.8. The Bertz CT molecular complexity index is 743. The third-order valence-corrected chi connectivity index (χ3v) is 3.51. The number of hydrogen-bond donors (Lipinski definition) is 2. The van der Waals surface area contributed by atoms with Gasteiger partial charge >= 0.3 is 0 Å². The molecule has 0 saturated heterocycles. The third kappa shape index (κ3) is 5.00. The van der Waals surface area contributed by atoms with E-state index in [4.69, 9.17) is 0 Å². The van der Waals surface area contributed by atoms with Crippen molar-refractivity contribution < 1.29 is 14.5 Å². The monoisotopic (exact) mass is 332 g/mol. The fourth-order valence-corrected chi connectivity index (χ4v) is 2.23. The van der Waals surface area contributed by atoms with E-state index in [2.05, 4.69) is 15.8 Å². The van der Waals surface area contributed by atoms with Crippen molar-refractivity contribution in [3.05, 3.63) is 62.3 Å². The van der Waals surface area contributed by atoms with E-state index >= 15 is 0 Å². The molecule has 0 aliphatic heterocycles. The van der Waals surface area contributed by atoms with Crippen molar-refractivity contribution in [2.75, 3.05) is 6.54 Å². The number of rotatable bonds is 6. The summed E-state index contributed by atoms with van der Waals surface area (Å²) in [5.74, 6) is -0.839. The second-order valence-electron chi connectivity index (χ2n) is 4.31. The number of nitrogens with zero attached hydrogens (tertiary/aromatic N) is 2. The molecule has 0 aliphatic carbocycles. The molecule has 0 fully saturated rings. The van der Waals surface area contributed by atoms with Crippen LogP contribution < -0.4 is 10.7 Å². The maximum atomic E-state index is 11.6. The number of hydrogen-bond acceptors (Lipinski definition) is 6. The maximum absolute atomic E-state index is 11.6. The van der Waals surface area contributed by atoms with Crippen LogP contribution in [-0.2, 0) is 4.79 Å². The lowest BCUT2D eigenvalue weighted by atomic mass is 10.2. The second-order valence-corrected chi connectivity index (χ2v) is 5.25. The highest BCUT2D eigenvalue weighted by Crippen LogP contribution is 2.11. The van der Waals surface area contributed by atoms with E-state index in [0.717, 1.165) is 0 Å². The normalized spacial score (nSPS) is 10.4. The molecule has 0 atom stereocenters. The van der Waals surface area contributed by atoms with Gasteiger partial charge in [0.05, 0.1) is 22.6 Å². The first-order valence-corrected chi connectivity index (χ1v) is 7.32. The van der Waals surface area contributed by atoms with E-state index in [-0.39, 0.29) is 18.1 Å². The number of hydrazone groups is 1. The SMILES string of the molecule is O=C(CNC(=O)c1cccs1)N/N=C/c1cccc([N+](=O)[O-])c1. The van der Waals surface area contributed by atoms with E-state index in [1.54, 1.807) is 23.6 Å². The Balaban J connectivity index is 1.81. The average Bonchev–Trinajstić information content (AvgIpc) is 3.07. The molecule has 2 rings (SSSR count). The molecule has 9 heteroatoms. The van der Waals surface area contributed by atoms with Gasteiger partial charge in [0, 0.05) is 17.7 Å². The molecule has 0 spiro atoms. The van der Waals surface area contributed by atoms with Crippen molar-refractivity contribution in [3.63, 3.8) is 0 Å². The van der Waals surface area contributed by atoms with Gasteiger partial charge in [-0.15, -0.1) is 11.3 Å². The summed E-state index contributed by atoms with van der Waals surface area (Å²) < 4.78 is 0. The van der Waals surface area contributed by atoms with Crippen LogP contribution in [0.3, 0.4) is 0 Å². The highest BCUT2D eigenvalue weighted by Gasteiger charge is 2.08. The second kappa shape index (κ2) is 7.80. The highest BCUT2D eigenvalue weighted by atomic mass is 32.1. The molecule has 2 aromatic rings. The van der Waals surface area contributed by atoms with Crippen molar-refractivity contribution in [2.24, 2.45) is 5.10 Å². The lowest BCUT2D eigenvalue weighted by molar-refractivity contribution is -0.384. The summed E-state index contributed by atoms with van der Waals surface area (Å²) in [4.78, 5) is 33.8. The molecule has 2 amide bonds. The molecule has 8 nitrogen and oxygen atoms in total. The van der Waals surface area contributed by atoms with Gasteiger partial charge < -0.3 is 5.32 Å². The fraction of sp³-hybridized carbons (Fsp3) is 0.0714. The summed E-state index contributed by atoms with van der Waals surface area (Å²) in [5.41, 5.74) is 2.64. The summed E-state index contributed by atoms with van der Waals surface area (Å²) in [6, 6.07) is 9.20. The standard InChI is InChI=1S/C14H12N4O4S/c19-13(9-15-14(20)12-5-2-6-23-12)17-16-8-10-3-1-4-11(7-10)18(21)22/h1-8H,9H2,(H,15,20)(H,17,19)/b16-8+. The topological polar surface area (TPSA) is 114 Å². The highest BCUT2D eigenvalue weighted by molar-refractivity contribution is 7.12. The van der Waals surface area contributed by atoms with E-state index in [1.165, 1.54) is 35.8 Å². The first-order valence-electron chi connectivity index (χ1n) is 6.44. The van der Waals surface area contributed by atoms with Crippen LogP contribution in [-0.4, -0.2) is 29.5 Å². The molecule has 0 unspecified atom stereocenters. The summed E-state index contributed by atoms with van der Waals surface area (Å²) in [7, 11) is 0. The fourth-order valence-electron chi connectivity index (χ4n) is 1.59.